The van der Waals surface area contributed by atoms with Crippen LogP contribution in [0.25, 0.3) is 0 Å². The third-order valence-corrected chi connectivity index (χ3v) is 3.70. The molecule has 17 heavy (non-hydrogen) atoms. The summed E-state index contributed by atoms with van der Waals surface area (Å²) in [6.07, 6.45) is -1.23. The second-order valence-corrected chi connectivity index (χ2v) is 4.47. The summed E-state index contributed by atoms with van der Waals surface area (Å²) in [5.41, 5.74) is 0.801. The van der Waals surface area contributed by atoms with Gasteiger partial charge in [-0.05, 0) is 47.6 Å². The van der Waals surface area contributed by atoms with E-state index < -0.39 is 6.43 Å². The van der Waals surface area contributed by atoms with Crippen LogP contribution in [-0.4, -0.2) is 17.6 Å². The van der Waals surface area contributed by atoms with Crippen molar-refractivity contribution in [3.05, 3.63) is 26.6 Å². The molecule has 6 heteroatoms. The molecule has 0 atom stereocenters. The Morgan fingerprint density at radius 2 is 2.24 bits per heavy atom. The molecule has 0 aliphatic carbocycles. The zero-order valence-corrected chi connectivity index (χ0v) is 11.6. The van der Waals surface area contributed by atoms with E-state index in [9.17, 15) is 13.6 Å². The summed E-state index contributed by atoms with van der Waals surface area (Å²) in [7, 11) is 0. The van der Waals surface area contributed by atoms with Crippen molar-refractivity contribution < 1.29 is 18.3 Å². The lowest BCUT2D eigenvalue weighted by molar-refractivity contribution is -0.142. The molecule has 0 aliphatic rings. The summed E-state index contributed by atoms with van der Waals surface area (Å²) in [5, 5.41) is 0. The minimum absolute atomic E-state index is 0.0590. The van der Waals surface area contributed by atoms with Gasteiger partial charge in [0.25, 0.3) is 6.43 Å². The Hall–Kier alpha value is -0.790. The molecule has 1 rings (SSSR count). The van der Waals surface area contributed by atoms with E-state index in [1.165, 1.54) is 6.20 Å². The molecule has 3 nitrogen and oxygen atoms in total. The highest BCUT2D eigenvalue weighted by atomic mass is 127. The van der Waals surface area contributed by atoms with Crippen LogP contribution in [0.2, 0.25) is 0 Å². The highest BCUT2D eigenvalue weighted by Crippen LogP contribution is 2.26. The Kier molecular flexibility index (Phi) is 5.23. The van der Waals surface area contributed by atoms with Gasteiger partial charge in [0.05, 0.1) is 13.0 Å². The van der Waals surface area contributed by atoms with Crippen LogP contribution >= 0.6 is 22.6 Å². The lowest BCUT2D eigenvalue weighted by Crippen LogP contribution is -2.10. The molecule has 0 saturated heterocycles. The van der Waals surface area contributed by atoms with Gasteiger partial charge in [-0.1, -0.05) is 0 Å². The maximum atomic E-state index is 12.6. The number of carbonyl (C=O) groups excluding carboxylic acids is 1. The second-order valence-electron chi connectivity index (χ2n) is 3.39. The van der Waals surface area contributed by atoms with Crippen molar-refractivity contribution in [2.75, 3.05) is 6.61 Å². The minimum Gasteiger partial charge on any atom is -0.466 e. The molecule has 94 valence electrons. The average Bonchev–Trinajstić information content (AvgIpc) is 2.25. The number of carbonyl (C=O) groups is 1. The van der Waals surface area contributed by atoms with E-state index >= 15 is 0 Å². The number of hydrogen-bond donors (Lipinski definition) is 0. The number of nitrogens with zero attached hydrogens (tertiary/aromatic N) is 1. The van der Waals surface area contributed by atoms with E-state index in [1.807, 2.05) is 22.6 Å². The Morgan fingerprint density at radius 1 is 1.59 bits per heavy atom. The molecule has 0 fully saturated rings. The van der Waals surface area contributed by atoms with Crippen LogP contribution < -0.4 is 0 Å². The molecular weight excluding hydrogens is 343 g/mol. The molecule has 0 unspecified atom stereocenters. The molecule has 0 N–H and O–H groups in total. The minimum atomic E-state index is -2.60. The van der Waals surface area contributed by atoms with Gasteiger partial charge in [0.1, 0.15) is 5.69 Å². The quantitative estimate of drug-likeness (QED) is 0.616. The van der Waals surface area contributed by atoms with Gasteiger partial charge in [-0.3, -0.25) is 9.78 Å². The number of alkyl halides is 2. The van der Waals surface area contributed by atoms with Gasteiger partial charge in [-0.15, -0.1) is 0 Å². The SMILES string of the molecule is CCOC(=O)Cc1cnc(C(F)F)c(C)c1I. The molecular formula is C11H12F2INO2. The van der Waals surface area contributed by atoms with Crippen LogP contribution in [0, 0.1) is 10.5 Å². The van der Waals surface area contributed by atoms with Crippen molar-refractivity contribution in [1.82, 2.24) is 4.98 Å². The van der Waals surface area contributed by atoms with E-state index in [0.29, 0.717) is 21.3 Å². The van der Waals surface area contributed by atoms with Gasteiger partial charge in [-0.25, -0.2) is 8.78 Å². The van der Waals surface area contributed by atoms with E-state index in [2.05, 4.69) is 4.98 Å². The standard InChI is InChI=1S/C11H12F2INO2/c1-3-17-8(16)4-7-5-15-10(11(12)13)6(2)9(7)14/h5,11H,3-4H2,1-2H3. The first-order chi connectivity index (χ1) is 7.97. The molecule has 0 amide bonds. The first kappa shape index (κ1) is 14.3. The zero-order valence-electron chi connectivity index (χ0n) is 9.47. The fourth-order valence-corrected chi connectivity index (χ4v) is 1.97. The van der Waals surface area contributed by atoms with E-state index in [0.717, 1.165) is 0 Å². The topological polar surface area (TPSA) is 39.2 Å². The van der Waals surface area contributed by atoms with Crippen LogP contribution in [0.15, 0.2) is 6.20 Å². The van der Waals surface area contributed by atoms with Crippen molar-refractivity contribution >= 4 is 28.6 Å². The van der Waals surface area contributed by atoms with Crippen molar-refractivity contribution in [3.8, 4) is 0 Å². The van der Waals surface area contributed by atoms with Crippen LogP contribution in [0.1, 0.15) is 30.2 Å². The molecule has 0 saturated carbocycles. The number of halogens is 3. The van der Waals surface area contributed by atoms with Crippen LogP contribution in [-0.2, 0) is 16.0 Å². The third kappa shape index (κ3) is 3.58. The fraction of sp³-hybridized carbons (Fsp3) is 0.455. The van der Waals surface area contributed by atoms with Crippen molar-refractivity contribution in [3.63, 3.8) is 0 Å². The predicted molar refractivity (Wildman–Crippen MR) is 67.0 cm³/mol. The lowest BCUT2D eigenvalue weighted by atomic mass is 10.1. The van der Waals surface area contributed by atoms with E-state index in [-0.39, 0.29) is 18.1 Å². The second kappa shape index (κ2) is 6.23. The van der Waals surface area contributed by atoms with Crippen LogP contribution in [0.4, 0.5) is 8.78 Å². The number of rotatable bonds is 4. The Labute approximate surface area is 112 Å². The van der Waals surface area contributed by atoms with Crippen molar-refractivity contribution in [1.29, 1.82) is 0 Å². The van der Waals surface area contributed by atoms with Crippen molar-refractivity contribution in [2.24, 2.45) is 0 Å². The molecule has 0 aliphatic heterocycles. The van der Waals surface area contributed by atoms with Gasteiger partial charge in [-0.2, -0.15) is 0 Å². The average molecular weight is 355 g/mol. The summed E-state index contributed by atoms with van der Waals surface area (Å²) in [5.74, 6) is -0.378. The summed E-state index contributed by atoms with van der Waals surface area (Å²) in [4.78, 5) is 15.0. The first-order valence-corrected chi connectivity index (χ1v) is 6.12. The summed E-state index contributed by atoms with van der Waals surface area (Å²) < 4.78 is 30.6. The molecule has 0 radical (unpaired) electrons. The fourth-order valence-electron chi connectivity index (χ4n) is 1.37. The maximum Gasteiger partial charge on any atom is 0.310 e. The van der Waals surface area contributed by atoms with Crippen molar-refractivity contribution in [2.45, 2.75) is 26.7 Å². The normalized spacial score (nSPS) is 10.7. The predicted octanol–water partition coefficient (Wildman–Crippen LogP) is 3.04. The molecule has 1 heterocycles. The van der Waals surface area contributed by atoms with Gasteiger partial charge in [0.2, 0.25) is 0 Å². The lowest BCUT2D eigenvalue weighted by Gasteiger charge is -2.10. The molecule has 1 aromatic rings. The molecule has 0 bridgehead atoms. The van der Waals surface area contributed by atoms with Crippen LogP contribution in [0.5, 0.6) is 0 Å². The largest absolute Gasteiger partial charge is 0.466 e. The van der Waals surface area contributed by atoms with Gasteiger partial charge >= 0.3 is 5.97 Å². The van der Waals surface area contributed by atoms with Gasteiger partial charge < -0.3 is 4.74 Å². The highest BCUT2D eigenvalue weighted by Gasteiger charge is 2.18. The molecule has 1 aromatic heterocycles. The number of hydrogen-bond acceptors (Lipinski definition) is 3. The number of aromatic nitrogens is 1. The number of ether oxygens (including phenoxy) is 1. The van der Waals surface area contributed by atoms with E-state index in [4.69, 9.17) is 4.74 Å². The number of esters is 1. The maximum absolute atomic E-state index is 12.6. The third-order valence-electron chi connectivity index (χ3n) is 2.20. The first-order valence-electron chi connectivity index (χ1n) is 5.05. The van der Waals surface area contributed by atoms with E-state index in [1.54, 1.807) is 13.8 Å². The van der Waals surface area contributed by atoms with Gasteiger partial charge in [0, 0.05) is 9.77 Å². The summed E-state index contributed by atoms with van der Waals surface area (Å²) >= 11 is 1.94. The highest BCUT2D eigenvalue weighted by molar-refractivity contribution is 14.1. The number of pyridine rings is 1. The summed E-state index contributed by atoms with van der Waals surface area (Å²) in [6, 6.07) is 0. The Balaban J connectivity index is 2.96. The Bertz CT molecular complexity index is 424. The smallest absolute Gasteiger partial charge is 0.310 e. The summed E-state index contributed by atoms with van der Waals surface area (Å²) in [6.45, 7) is 3.59. The Morgan fingerprint density at radius 3 is 2.76 bits per heavy atom. The zero-order chi connectivity index (χ0) is 13.0. The van der Waals surface area contributed by atoms with Gasteiger partial charge in [0.15, 0.2) is 0 Å². The monoisotopic (exact) mass is 355 g/mol. The molecule has 0 aromatic carbocycles. The van der Waals surface area contributed by atoms with Crippen LogP contribution in [0.3, 0.4) is 0 Å². The molecule has 0 spiro atoms.